The molecule has 0 aromatic heterocycles. The fourth-order valence-electron chi connectivity index (χ4n) is 2.52. The Kier molecular flexibility index (Phi) is 4.76. The Morgan fingerprint density at radius 2 is 1.22 bits per heavy atom. The van der Waals surface area contributed by atoms with Gasteiger partial charge in [0.2, 0.25) is 5.60 Å². The van der Waals surface area contributed by atoms with Crippen LogP contribution in [0.5, 0.6) is 5.75 Å². The van der Waals surface area contributed by atoms with Crippen LogP contribution in [0.3, 0.4) is 0 Å². The molecule has 3 aromatic rings. The molecule has 0 atom stereocenters. The van der Waals surface area contributed by atoms with Crippen molar-refractivity contribution in [1.82, 2.24) is 0 Å². The topological polar surface area (TPSA) is 26.3 Å². The number of halogens is 1. The van der Waals surface area contributed by atoms with Gasteiger partial charge in [-0.1, -0.05) is 72.8 Å². The van der Waals surface area contributed by atoms with Gasteiger partial charge in [0, 0.05) is 11.1 Å². The first kappa shape index (κ1) is 15.7. The van der Waals surface area contributed by atoms with E-state index < -0.39 is 5.60 Å². The highest BCUT2D eigenvalue weighted by Gasteiger charge is 2.37. The lowest BCUT2D eigenvalue weighted by Gasteiger charge is -2.30. The van der Waals surface area contributed by atoms with E-state index in [1.54, 1.807) is 0 Å². The largest absolute Gasteiger partial charge is 0.469 e. The lowest BCUT2D eigenvalue weighted by Crippen LogP contribution is -2.36. The molecule has 0 bridgehead atoms. The van der Waals surface area contributed by atoms with Gasteiger partial charge in [0.05, 0.1) is 3.57 Å². The molecule has 3 aromatic carbocycles. The van der Waals surface area contributed by atoms with E-state index in [0.717, 1.165) is 21.0 Å². The third-order valence-corrected chi connectivity index (χ3v) is 4.57. The van der Waals surface area contributed by atoms with Crippen molar-refractivity contribution < 1.29 is 9.53 Å². The zero-order valence-electron chi connectivity index (χ0n) is 12.4. The first-order chi connectivity index (χ1) is 11.3. The number of aldehydes is 1. The van der Waals surface area contributed by atoms with Gasteiger partial charge in [-0.25, -0.2) is 0 Å². The summed E-state index contributed by atoms with van der Waals surface area (Å²) in [6.07, 6.45) is 0.876. The molecular formula is C20H15IO2. The number of ether oxygens (including phenoxy) is 1. The average Bonchev–Trinajstić information content (AvgIpc) is 2.63. The number of rotatable bonds is 5. The van der Waals surface area contributed by atoms with Crippen molar-refractivity contribution in [2.45, 2.75) is 5.60 Å². The standard InChI is InChI=1S/C20H15IO2/c21-18-13-7-8-14-19(18)23-20(15-22,16-9-3-1-4-10-16)17-11-5-2-6-12-17/h1-15H. The molecule has 23 heavy (non-hydrogen) atoms. The van der Waals surface area contributed by atoms with Gasteiger partial charge in [-0.3, -0.25) is 4.79 Å². The zero-order valence-corrected chi connectivity index (χ0v) is 14.5. The maximum Gasteiger partial charge on any atom is 0.214 e. The summed E-state index contributed by atoms with van der Waals surface area (Å²) >= 11 is 2.21. The summed E-state index contributed by atoms with van der Waals surface area (Å²) < 4.78 is 7.24. The third kappa shape index (κ3) is 3.15. The second-order valence-corrected chi connectivity index (χ2v) is 6.28. The summed E-state index contributed by atoms with van der Waals surface area (Å²) in [5.41, 5.74) is 0.450. The van der Waals surface area contributed by atoms with Gasteiger partial charge in [-0.05, 0) is 34.7 Å². The molecule has 114 valence electrons. The van der Waals surface area contributed by atoms with E-state index in [9.17, 15) is 4.79 Å². The molecule has 0 heterocycles. The molecule has 3 heteroatoms. The minimum absolute atomic E-state index is 0.688. The second-order valence-electron chi connectivity index (χ2n) is 5.12. The molecule has 0 amide bonds. The van der Waals surface area contributed by atoms with Crippen molar-refractivity contribution in [1.29, 1.82) is 0 Å². The summed E-state index contributed by atoms with van der Waals surface area (Å²) in [6.45, 7) is 0. The summed E-state index contributed by atoms with van der Waals surface area (Å²) in [6, 6.07) is 26.9. The Morgan fingerprint density at radius 1 is 0.739 bits per heavy atom. The molecule has 0 radical (unpaired) electrons. The fourth-order valence-corrected chi connectivity index (χ4v) is 3.01. The van der Waals surface area contributed by atoms with Gasteiger partial charge in [0.15, 0.2) is 6.29 Å². The Hall–Kier alpha value is -2.14. The quantitative estimate of drug-likeness (QED) is 0.443. The van der Waals surface area contributed by atoms with Crippen molar-refractivity contribution in [3.05, 3.63) is 99.6 Å². The smallest absolute Gasteiger partial charge is 0.214 e. The molecule has 0 unspecified atom stereocenters. The van der Waals surface area contributed by atoms with Gasteiger partial charge in [0.25, 0.3) is 0 Å². The second kappa shape index (κ2) is 6.96. The number of para-hydroxylation sites is 1. The molecule has 0 fully saturated rings. The van der Waals surface area contributed by atoms with Crippen LogP contribution < -0.4 is 4.74 Å². The van der Waals surface area contributed by atoms with Gasteiger partial charge < -0.3 is 4.74 Å². The van der Waals surface area contributed by atoms with Crippen LogP contribution in [-0.4, -0.2) is 6.29 Å². The first-order valence-corrected chi connectivity index (χ1v) is 8.35. The minimum atomic E-state index is -1.16. The predicted octanol–water partition coefficient (Wildman–Crippen LogP) is 4.81. The van der Waals surface area contributed by atoms with Crippen LogP contribution in [0, 0.1) is 3.57 Å². The van der Waals surface area contributed by atoms with Gasteiger partial charge in [-0.2, -0.15) is 0 Å². The van der Waals surface area contributed by atoms with Gasteiger partial charge >= 0.3 is 0 Å². The molecule has 0 saturated heterocycles. The first-order valence-electron chi connectivity index (χ1n) is 7.27. The van der Waals surface area contributed by atoms with Crippen molar-refractivity contribution in [2.75, 3.05) is 0 Å². The molecular weight excluding hydrogens is 399 g/mol. The SMILES string of the molecule is O=CC(Oc1ccccc1I)(c1ccccc1)c1ccccc1. The lowest BCUT2D eigenvalue weighted by molar-refractivity contribution is -0.119. The summed E-state index contributed by atoms with van der Waals surface area (Å²) in [4.78, 5) is 12.2. The fraction of sp³-hybridized carbons (Fsp3) is 0.0500. The number of hydrogen-bond donors (Lipinski definition) is 0. The zero-order chi connectivity index (χ0) is 16.1. The maximum absolute atomic E-state index is 12.2. The van der Waals surface area contributed by atoms with E-state index in [1.165, 1.54) is 0 Å². The van der Waals surface area contributed by atoms with E-state index in [2.05, 4.69) is 22.6 Å². The highest BCUT2D eigenvalue weighted by atomic mass is 127. The van der Waals surface area contributed by atoms with E-state index in [1.807, 2.05) is 84.9 Å². The normalized spacial score (nSPS) is 11.0. The Morgan fingerprint density at radius 3 is 1.70 bits per heavy atom. The molecule has 0 spiro atoms. The van der Waals surface area contributed by atoms with Crippen molar-refractivity contribution >= 4 is 28.9 Å². The average molecular weight is 414 g/mol. The monoisotopic (exact) mass is 414 g/mol. The van der Waals surface area contributed by atoms with Crippen molar-refractivity contribution in [3.8, 4) is 5.75 Å². The summed E-state index contributed by atoms with van der Waals surface area (Å²) in [5, 5.41) is 0. The van der Waals surface area contributed by atoms with Gasteiger partial charge in [-0.15, -0.1) is 0 Å². The molecule has 0 aliphatic carbocycles. The summed E-state index contributed by atoms with van der Waals surface area (Å²) in [5.74, 6) is 0.688. The van der Waals surface area contributed by atoms with E-state index in [4.69, 9.17) is 4.74 Å². The van der Waals surface area contributed by atoms with Crippen molar-refractivity contribution in [2.24, 2.45) is 0 Å². The Labute approximate surface area is 149 Å². The molecule has 2 nitrogen and oxygen atoms in total. The van der Waals surface area contributed by atoms with E-state index in [0.29, 0.717) is 5.75 Å². The molecule has 0 aliphatic heterocycles. The van der Waals surface area contributed by atoms with E-state index in [-0.39, 0.29) is 0 Å². The molecule has 3 rings (SSSR count). The number of hydrogen-bond acceptors (Lipinski definition) is 2. The Bertz CT molecular complexity index is 746. The maximum atomic E-state index is 12.2. The molecule has 0 saturated carbocycles. The molecule has 0 N–H and O–H groups in total. The summed E-state index contributed by atoms with van der Waals surface area (Å²) in [7, 11) is 0. The number of carbonyl (C=O) groups excluding carboxylic acids is 1. The van der Waals surface area contributed by atoms with Crippen LogP contribution in [0.15, 0.2) is 84.9 Å². The number of benzene rings is 3. The van der Waals surface area contributed by atoms with Crippen LogP contribution in [0.2, 0.25) is 0 Å². The van der Waals surface area contributed by atoms with Crippen LogP contribution in [0.25, 0.3) is 0 Å². The van der Waals surface area contributed by atoms with Crippen LogP contribution in [-0.2, 0) is 10.4 Å². The van der Waals surface area contributed by atoms with Gasteiger partial charge in [0.1, 0.15) is 5.75 Å². The van der Waals surface area contributed by atoms with Crippen LogP contribution in [0.1, 0.15) is 11.1 Å². The van der Waals surface area contributed by atoms with Crippen molar-refractivity contribution in [3.63, 3.8) is 0 Å². The minimum Gasteiger partial charge on any atom is -0.469 e. The predicted molar refractivity (Wildman–Crippen MR) is 99.5 cm³/mol. The van der Waals surface area contributed by atoms with E-state index >= 15 is 0 Å². The van der Waals surface area contributed by atoms with Crippen LogP contribution >= 0.6 is 22.6 Å². The highest BCUT2D eigenvalue weighted by Crippen LogP contribution is 2.35. The lowest BCUT2D eigenvalue weighted by atomic mass is 9.87. The van der Waals surface area contributed by atoms with Crippen LogP contribution in [0.4, 0.5) is 0 Å². The Balaban J connectivity index is 2.17. The molecule has 0 aliphatic rings. The highest BCUT2D eigenvalue weighted by molar-refractivity contribution is 14.1. The number of carbonyl (C=O) groups is 1. The third-order valence-electron chi connectivity index (χ3n) is 3.68.